The van der Waals surface area contributed by atoms with Gasteiger partial charge in [-0.05, 0) is 19.1 Å². The van der Waals surface area contributed by atoms with Crippen LogP contribution in [0.4, 0.5) is 0 Å². The van der Waals surface area contributed by atoms with Crippen molar-refractivity contribution in [3.8, 4) is 0 Å². The highest BCUT2D eigenvalue weighted by molar-refractivity contribution is 6.30. The van der Waals surface area contributed by atoms with Crippen LogP contribution < -0.4 is 5.73 Å². The zero-order valence-corrected chi connectivity index (χ0v) is 9.28. The zero-order chi connectivity index (χ0) is 11.9. The van der Waals surface area contributed by atoms with Crippen LogP contribution in [0.25, 0.3) is 0 Å². The number of aliphatic hydroxyl groups is 1. The van der Waals surface area contributed by atoms with Crippen molar-refractivity contribution in [2.24, 2.45) is 5.73 Å². The average molecular weight is 240 g/mol. The molecule has 16 heavy (non-hydrogen) atoms. The molecular weight excluding hydrogens is 230 g/mol. The van der Waals surface area contributed by atoms with Gasteiger partial charge in [0, 0.05) is 10.6 Å². The Morgan fingerprint density at radius 3 is 2.38 bits per heavy atom. The van der Waals surface area contributed by atoms with Crippen molar-refractivity contribution in [2.45, 2.75) is 12.5 Å². The van der Waals surface area contributed by atoms with E-state index in [4.69, 9.17) is 22.1 Å². The van der Waals surface area contributed by atoms with Crippen LogP contribution in [0.1, 0.15) is 12.5 Å². The minimum Gasteiger partial charge on any atom is -0.501 e. The van der Waals surface area contributed by atoms with Crippen molar-refractivity contribution >= 4 is 17.4 Å². The van der Waals surface area contributed by atoms with Crippen molar-refractivity contribution in [3.63, 3.8) is 0 Å². The summed E-state index contributed by atoms with van der Waals surface area (Å²) in [5.74, 6) is -1.33. The van der Waals surface area contributed by atoms with Crippen molar-refractivity contribution in [1.29, 1.82) is 0 Å². The number of Topliss-reactive ketones (excluding diaryl/α,β-unsaturated/α-hetero) is 1. The molecule has 0 radical (unpaired) electrons. The van der Waals surface area contributed by atoms with Gasteiger partial charge in [-0.25, -0.2) is 0 Å². The fraction of sp³-hybridized carbons (Fsp3) is 0.182. The molecule has 84 valence electrons. The van der Waals surface area contributed by atoms with E-state index < -0.39 is 17.1 Å². The molecule has 1 heterocycles. The third kappa shape index (κ3) is 1.42. The summed E-state index contributed by atoms with van der Waals surface area (Å²) in [5, 5.41) is 9.93. The van der Waals surface area contributed by atoms with E-state index >= 15 is 0 Å². The standard InChI is InChI=1S/C11H10ClNO3/c1-11(6-2-4-7(12)5-3-6)9(15)8(14)10(13)16-11/h2-5,14H,13H2,1H3. The molecule has 0 amide bonds. The number of carbonyl (C=O) groups is 1. The van der Waals surface area contributed by atoms with Crippen molar-refractivity contribution in [2.75, 3.05) is 0 Å². The van der Waals surface area contributed by atoms with Gasteiger partial charge in [-0.2, -0.15) is 0 Å². The highest BCUT2D eigenvalue weighted by Gasteiger charge is 2.46. The molecule has 1 atom stereocenters. The van der Waals surface area contributed by atoms with Gasteiger partial charge >= 0.3 is 0 Å². The maximum Gasteiger partial charge on any atom is 0.250 e. The average Bonchev–Trinajstić information content (AvgIpc) is 2.45. The second-order valence-electron chi connectivity index (χ2n) is 3.68. The van der Waals surface area contributed by atoms with Crippen LogP contribution in [0.2, 0.25) is 5.02 Å². The molecule has 1 aliphatic rings. The maximum atomic E-state index is 11.8. The molecule has 0 aromatic heterocycles. The summed E-state index contributed by atoms with van der Waals surface area (Å²) >= 11 is 5.75. The van der Waals surface area contributed by atoms with E-state index in [1.54, 1.807) is 31.2 Å². The number of nitrogens with two attached hydrogens (primary N) is 1. The monoisotopic (exact) mass is 239 g/mol. The van der Waals surface area contributed by atoms with Gasteiger partial charge in [0.15, 0.2) is 5.60 Å². The fourth-order valence-corrected chi connectivity index (χ4v) is 1.74. The van der Waals surface area contributed by atoms with E-state index in [9.17, 15) is 9.90 Å². The predicted octanol–water partition coefficient (Wildman–Crippen LogP) is 1.84. The van der Waals surface area contributed by atoms with Gasteiger partial charge in [0.1, 0.15) is 0 Å². The summed E-state index contributed by atoms with van der Waals surface area (Å²) in [7, 11) is 0. The normalized spacial score (nSPS) is 24.8. The number of rotatable bonds is 1. The van der Waals surface area contributed by atoms with E-state index in [1.807, 2.05) is 0 Å². The first-order valence-corrected chi connectivity index (χ1v) is 5.01. The first-order chi connectivity index (χ1) is 7.45. The number of hydrogen-bond acceptors (Lipinski definition) is 4. The minimum absolute atomic E-state index is 0.248. The van der Waals surface area contributed by atoms with Gasteiger partial charge in [0.05, 0.1) is 0 Å². The van der Waals surface area contributed by atoms with Gasteiger partial charge in [0.2, 0.25) is 11.6 Å². The third-order valence-corrected chi connectivity index (χ3v) is 2.84. The maximum absolute atomic E-state index is 11.8. The van der Waals surface area contributed by atoms with Crippen LogP contribution in [0, 0.1) is 0 Å². The van der Waals surface area contributed by atoms with Crippen molar-refractivity contribution in [3.05, 3.63) is 46.5 Å². The first-order valence-electron chi connectivity index (χ1n) is 4.64. The lowest BCUT2D eigenvalue weighted by Crippen LogP contribution is -2.31. The number of ketones is 1. The number of hydrogen-bond donors (Lipinski definition) is 2. The van der Waals surface area contributed by atoms with Gasteiger partial charge in [0.25, 0.3) is 5.78 Å². The molecule has 0 saturated heterocycles. The molecule has 4 nitrogen and oxygen atoms in total. The molecule has 0 saturated carbocycles. The SMILES string of the molecule is CC1(c2ccc(Cl)cc2)OC(N)=C(O)C1=O. The van der Waals surface area contributed by atoms with E-state index in [2.05, 4.69) is 0 Å². The molecule has 0 fully saturated rings. The predicted molar refractivity (Wildman–Crippen MR) is 58.7 cm³/mol. The molecule has 2 rings (SSSR count). The molecule has 1 aromatic rings. The van der Waals surface area contributed by atoms with Crippen LogP contribution >= 0.6 is 11.6 Å². The van der Waals surface area contributed by atoms with Gasteiger partial charge in [-0.15, -0.1) is 0 Å². The van der Waals surface area contributed by atoms with Gasteiger partial charge in [-0.1, -0.05) is 23.7 Å². The Labute approximate surface area is 97.3 Å². The number of carbonyl (C=O) groups excluding carboxylic acids is 1. The van der Waals surface area contributed by atoms with Gasteiger partial charge < -0.3 is 15.6 Å². The second-order valence-corrected chi connectivity index (χ2v) is 4.12. The van der Waals surface area contributed by atoms with Crippen molar-refractivity contribution in [1.82, 2.24) is 0 Å². The first kappa shape index (κ1) is 10.8. The third-order valence-electron chi connectivity index (χ3n) is 2.59. The lowest BCUT2D eigenvalue weighted by Gasteiger charge is -2.22. The lowest BCUT2D eigenvalue weighted by atomic mass is 9.92. The van der Waals surface area contributed by atoms with Crippen LogP contribution in [0.15, 0.2) is 35.9 Å². The van der Waals surface area contributed by atoms with Crippen LogP contribution in [0.5, 0.6) is 0 Å². The Balaban J connectivity index is 2.43. The summed E-state index contributed by atoms with van der Waals surface area (Å²) in [6.45, 7) is 1.55. The molecule has 1 unspecified atom stereocenters. The Morgan fingerprint density at radius 2 is 1.94 bits per heavy atom. The van der Waals surface area contributed by atoms with Crippen LogP contribution in [-0.4, -0.2) is 10.9 Å². The van der Waals surface area contributed by atoms with Crippen LogP contribution in [0.3, 0.4) is 0 Å². The molecule has 3 N–H and O–H groups in total. The summed E-state index contributed by atoms with van der Waals surface area (Å²) in [6.07, 6.45) is 0. The van der Waals surface area contributed by atoms with E-state index in [0.717, 1.165) is 0 Å². The highest BCUT2D eigenvalue weighted by Crippen LogP contribution is 2.36. The smallest absolute Gasteiger partial charge is 0.250 e. The Bertz CT molecular complexity index is 481. The number of halogens is 1. The van der Waals surface area contributed by atoms with E-state index in [1.165, 1.54) is 0 Å². The van der Waals surface area contributed by atoms with Gasteiger partial charge in [-0.3, -0.25) is 4.79 Å². The minimum atomic E-state index is -1.27. The summed E-state index contributed by atoms with van der Waals surface area (Å²) < 4.78 is 5.21. The molecule has 5 heteroatoms. The number of ether oxygens (including phenoxy) is 1. The fourth-order valence-electron chi connectivity index (χ4n) is 1.61. The van der Waals surface area contributed by atoms with E-state index in [-0.39, 0.29) is 5.88 Å². The molecule has 0 aliphatic carbocycles. The van der Waals surface area contributed by atoms with Crippen molar-refractivity contribution < 1.29 is 14.6 Å². The Morgan fingerprint density at radius 1 is 1.38 bits per heavy atom. The summed E-state index contributed by atoms with van der Waals surface area (Å²) in [6, 6.07) is 6.60. The highest BCUT2D eigenvalue weighted by atomic mass is 35.5. The summed E-state index contributed by atoms with van der Waals surface area (Å²) in [4.78, 5) is 11.8. The Hall–Kier alpha value is -1.68. The second kappa shape index (κ2) is 3.42. The molecule has 0 spiro atoms. The molecule has 1 aliphatic heterocycles. The lowest BCUT2D eigenvalue weighted by molar-refractivity contribution is -0.131. The topological polar surface area (TPSA) is 72.6 Å². The molecule has 1 aromatic carbocycles. The van der Waals surface area contributed by atoms with E-state index in [0.29, 0.717) is 10.6 Å². The zero-order valence-electron chi connectivity index (χ0n) is 8.53. The Kier molecular flexibility index (Phi) is 2.31. The molecule has 0 bridgehead atoms. The molecular formula is C11H10ClNO3. The summed E-state index contributed by atoms with van der Waals surface area (Å²) in [5.41, 5.74) is 4.70. The number of aliphatic hydroxyl groups excluding tert-OH is 1. The number of benzene rings is 1. The largest absolute Gasteiger partial charge is 0.501 e. The van der Waals surface area contributed by atoms with Crippen LogP contribution in [-0.2, 0) is 15.1 Å². The quantitative estimate of drug-likeness (QED) is 0.784.